The van der Waals surface area contributed by atoms with Crippen molar-refractivity contribution in [3.05, 3.63) is 30.3 Å². The van der Waals surface area contributed by atoms with E-state index in [9.17, 15) is 0 Å². The summed E-state index contributed by atoms with van der Waals surface area (Å²) in [5.41, 5.74) is 0. The average molecular weight is 292 g/mol. The van der Waals surface area contributed by atoms with Gasteiger partial charge in [0.25, 0.3) is 0 Å². The number of hydrogen-bond acceptors (Lipinski definition) is 3. The van der Waals surface area contributed by atoms with Crippen LogP contribution in [0.3, 0.4) is 0 Å². The smallest absolute Gasteiger partial charge is 0.0107 e. The van der Waals surface area contributed by atoms with E-state index in [-0.39, 0.29) is 0 Å². The molecule has 1 aliphatic carbocycles. The fourth-order valence-corrected chi connectivity index (χ4v) is 3.69. The van der Waals surface area contributed by atoms with Crippen molar-refractivity contribution in [1.82, 2.24) is 10.2 Å². The lowest BCUT2D eigenvalue weighted by Crippen LogP contribution is -2.35. The van der Waals surface area contributed by atoms with E-state index >= 15 is 0 Å². The highest BCUT2D eigenvalue weighted by Crippen LogP contribution is 2.21. The molecule has 0 amide bonds. The molecule has 3 heteroatoms. The summed E-state index contributed by atoms with van der Waals surface area (Å²) in [6.07, 6.45) is 6.92. The molecular weight excluding hydrogens is 264 g/mol. The van der Waals surface area contributed by atoms with Crippen LogP contribution in [-0.4, -0.2) is 43.4 Å². The molecule has 1 aromatic rings. The molecule has 1 aromatic carbocycles. The van der Waals surface area contributed by atoms with E-state index in [0.29, 0.717) is 0 Å². The van der Waals surface area contributed by atoms with Crippen LogP contribution in [0.5, 0.6) is 0 Å². The molecule has 0 aromatic heterocycles. The highest BCUT2D eigenvalue weighted by atomic mass is 32.2. The molecule has 0 saturated heterocycles. The molecule has 0 heterocycles. The first kappa shape index (κ1) is 15.9. The number of likely N-dealkylation sites (N-methyl/N-ethyl adjacent to an activating group) is 1. The topological polar surface area (TPSA) is 15.3 Å². The number of thioether (sulfide) groups is 1. The molecule has 0 bridgehead atoms. The number of nitrogens with zero attached hydrogens (tertiary/aromatic N) is 1. The lowest BCUT2D eigenvalue weighted by molar-refractivity contribution is 0.246. The van der Waals surface area contributed by atoms with E-state index in [1.54, 1.807) is 0 Å². The first-order chi connectivity index (χ1) is 9.86. The van der Waals surface area contributed by atoms with Crippen LogP contribution in [0.1, 0.15) is 32.1 Å². The second-order valence-corrected chi connectivity index (χ2v) is 6.85. The zero-order chi connectivity index (χ0) is 14.0. The van der Waals surface area contributed by atoms with Crippen molar-refractivity contribution in [2.75, 3.05) is 32.4 Å². The molecule has 1 fully saturated rings. The van der Waals surface area contributed by atoms with Gasteiger partial charge in [-0.15, -0.1) is 11.8 Å². The van der Waals surface area contributed by atoms with Crippen molar-refractivity contribution in [2.45, 2.75) is 43.0 Å². The van der Waals surface area contributed by atoms with Gasteiger partial charge in [-0.3, -0.25) is 0 Å². The third-order valence-electron chi connectivity index (χ3n) is 4.10. The van der Waals surface area contributed by atoms with Crippen molar-refractivity contribution in [3.63, 3.8) is 0 Å². The molecular formula is C17H28N2S. The minimum absolute atomic E-state index is 0.852. The Balaban J connectivity index is 1.43. The van der Waals surface area contributed by atoms with Crippen LogP contribution in [0.15, 0.2) is 35.2 Å². The first-order valence-electron chi connectivity index (χ1n) is 7.95. The van der Waals surface area contributed by atoms with Gasteiger partial charge in [0.15, 0.2) is 0 Å². The Morgan fingerprint density at radius 3 is 2.65 bits per heavy atom. The third kappa shape index (κ3) is 5.86. The van der Waals surface area contributed by atoms with Crippen LogP contribution in [-0.2, 0) is 0 Å². The standard InChI is InChI=1S/C17H28N2S/c1-19(16-8-5-6-9-16)14-13-18-12-7-15-20-17-10-3-2-4-11-17/h2-4,10-11,16,18H,5-9,12-15H2,1H3. The highest BCUT2D eigenvalue weighted by molar-refractivity contribution is 7.99. The highest BCUT2D eigenvalue weighted by Gasteiger charge is 2.18. The van der Waals surface area contributed by atoms with Crippen LogP contribution in [0.4, 0.5) is 0 Å². The van der Waals surface area contributed by atoms with Gasteiger partial charge in [-0.1, -0.05) is 31.0 Å². The lowest BCUT2D eigenvalue weighted by Gasteiger charge is -2.23. The summed E-state index contributed by atoms with van der Waals surface area (Å²) in [5, 5.41) is 3.57. The molecule has 0 radical (unpaired) electrons. The molecule has 0 spiro atoms. The fourth-order valence-electron chi connectivity index (χ4n) is 2.81. The molecule has 0 atom stereocenters. The summed E-state index contributed by atoms with van der Waals surface area (Å²) in [4.78, 5) is 3.92. The van der Waals surface area contributed by atoms with Crippen molar-refractivity contribution < 1.29 is 0 Å². The molecule has 2 rings (SSSR count). The molecule has 0 unspecified atom stereocenters. The quantitative estimate of drug-likeness (QED) is 0.553. The van der Waals surface area contributed by atoms with Gasteiger partial charge >= 0.3 is 0 Å². The van der Waals surface area contributed by atoms with E-state index in [4.69, 9.17) is 0 Å². The van der Waals surface area contributed by atoms with Gasteiger partial charge in [-0.05, 0) is 50.7 Å². The normalized spacial score (nSPS) is 16.1. The van der Waals surface area contributed by atoms with E-state index in [0.717, 1.165) is 19.1 Å². The van der Waals surface area contributed by atoms with Gasteiger partial charge in [0.05, 0.1) is 0 Å². The monoisotopic (exact) mass is 292 g/mol. The van der Waals surface area contributed by atoms with Gasteiger partial charge in [0.2, 0.25) is 0 Å². The van der Waals surface area contributed by atoms with Gasteiger partial charge in [0.1, 0.15) is 0 Å². The zero-order valence-electron chi connectivity index (χ0n) is 12.7. The maximum Gasteiger partial charge on any atom is 0.0107 e. The van der Waals surface area contributed by atoms with E-state index < -0.39 is 0 Å². The van der Waals surface area contributed by atoms with Crippen molar-refractivity contribution >= 4 is 11.8 Å². The minimum Gasteiger partial charge on any atom is -0.315 e. The van der Waals surface area contributed by atoms with Crippen LogP contribution in [0, 0.1) is 0 Å². The average Bonchev–Trinajstić information content (AvgIpc) is 3.01. The molecule has 0 aliphatic heterocycles. The summed E-state index contributed by atoms with van der Waals surface area (Å²) < 4.78 is 0. The van der Waals surface area contributed by atoms with E-state index in [1.807, 2.05) is 11.8 Å². The van der Waals surface area contributed by atoms with Crippen molar-refractivity contribution in [3.8, 4) is 0 Å². The van der Waals surface area contributed by atoms with Crippen LogP contribution < -0.4 is 5.32 Å². The lowest BCUT2D eigenvalue weighted by atomic mass is 10.2. The Labute approximate surface area is 128 Å². The predicted octanol–water partition coefficient (Wildman–Crippen LogP) is 3.63. The predicted molar refractivity (Wildman–Crippen MR) is 89.5 cm³/mol. The zero-order valence-corrected chi connectivity index (χ0v) is 13.5. The molecule has 20 heavy (non-hydrogen) atoms. The van der Waals surface area contributed by atoms with Crippen LogP contribution in [0.2, 0.25) is 0 Å². The SMILES string of the molecule is CN(CCNCCCSc1ccccc1)C1CCCC1. The van der Waals surface area contributed by atoms with E-state index in [2.05, 4.69) is 47.6 Å². The van der Waals surface area contributed by atoms with Gasteiger partial charge in [-0.25, -0.2) is 0 Å². The molecule has 1 N–H and O–H groups in total. The summed E-state index contributed by atoms with van der Waals surface area (Å²) >= 11 is 1.95. The van der Waals surface area contributed by atoms with E-state index in [1.165, 1.54) is 49.3 Å². The minimum atomic E-state index is 0.852. The van der Waals surface area contributed by atoms with Gasteiger partial charge in [0, 0.05) is 24.0 Å². The summed E-state index contributed by atoms with van der Waals surface area (Å²) in [7, 11) is 2.28. The summed E-state index contributed by atoms with van der Waals surface area (Å²) in [6, 6.07) is 11.5. The Morgan fingerprint density at radius 2 is 1.90 bits per heavy atom. The fraction of sp³-hybridized carbons (Fsp3) is 0.647. The van der Waals surface area contributed by atoms with Gasteiger partial charge in [-0.2, -0.15) is 0 Å². The Kier molecular flexibility index (Phi) is 7.48. The maximum atomic E-state index is 3.57. The number of nitrogens with one attached hydrogen (secondary N) is 1. The number of rotatable bonds is 9. The van der Waals surface area contributed by atoms with Crippen molar-refractivity contribution in [2.24, 2.45) is 0 Å². The Morgan fingerprint density at radius 1 is 1.15 bits per heavy atom. The third-order valence-corrected chi connectivity index (χ3v) is 5.20. The number of benzene rings is 1. The van der Waals surface area contributed by atoms with Crippen molar-refractivity contribution in [1.29, 1.82) is 0 Å². The molecule has 1 aliphatic rings. The van der Waals surface area contributed by atoms with Crippen LogP contribution in [0.25, 0.3) is 0 Å². The number of hydrogen-bond donors (Lipinski definition) is 1. The van der Waals surface area contributed by atoms with Crippen LogP contribution >= 0.6 is 11.8 Å². The largest absolute Gasteiger partial charge is 0.315 e. The molecule has 2 nitrogen and oxygen atoms in total. The molecule has 1 saturated carbocycles. The second kappa shape index (κ2) is 9.43. The summed E-state index contributed by atoms with van der Waals surface area (Å²) in [5.74, 6) is 1.20. The Hall–Kier alpha value is -0.510. The molecule has 112 valence electrons. The maximum absolute atomic E-state index is 3.57. The summed E-state index contributed by atoms with van der Waals surface area (Å²) in [6.45, 7) is 3.46. The second-order valence-electron chi connectivity index (χ2n) is 5.68. The first-order valence-corrected chi connectivity index (χ1v) is 8.93. The van der Waals surface area contributed by atoms with Gasteiger partial charge < -0.3 is 10.2 Å². The Bertz CT molecular complexity index is 349.